The van der Waals surface area contributed by atoms with Crippen molar-refractivity contribution in [2.45, 2.75) is 6.10 Å². The largest absolute Gasteiger partial charge is 0.371 e. The Labute approximate surface area is 48.5 Å². The Kier molecular flexibility index (Phi) is 2.27. The predicted octanol–water partition coefficient (Wildman–Crippen LogP) is 0.00570. The molecule has 0 aromatic heterocycles. The zero-order valence-corrected chi connectivity index (χ0v) is 4.92. The fraction of sp³-hybridized carbons (Fsp3) is 1.00. The Morgan fingerprint density at radius 1 is 1.75 bits per heavy atom. The van der Waals surface area contributed by atoms with Crippen LogP contribution in [0.15, 0.2) is 0 Å². The molecule has 1 fully saturated rings. The lowest BCUT2D eigenvalue weighted by molar-refractivity contribution is -0.0351. The van der Waals surface area contributed by atoms with Gasteiger partial charge in [-0.2, -0.15) is 0 Å². The molecule has 0 amide bonds. The highest BCUT2D eigenvalue weighted by Crippen LogP contribution is 2.07. The molecule has 0 saturated carbocycles. The fourth-order valence-electron chi connectivity index (χ4n) is 0.427. The molecule has 3 nitrogen and oxygen atoms in total. The minimum absolute atomic E-state index is 0.352. The summed E-state index contributed by atoms with van der Waals surface area (Å²) in [5.41, 5.74) is 0. The Bertz CT molecular complexity index is 60.7. The molecular formula is C5H10O3. The van der Waals surface area contributed by atoms with Crippen molar-refractivity contribution in [2.24, 2.45) is 0 Å². The summed E-state index contributed by atoms with van der Waals surface area (Å²) in [5, 5.41) is 0. The van der Waals surface area contributed by atoms with Crippen LogP contribution >= 0.6 is 0 Å². The van der Waals surface area contributed by atoms with Gasteiger partial charge in [-0.25, -0.2) is 0 Å². The average molecular weight is 118 g/mol. The van der Waals surface area contributed by atoms with Crippen LogP contribution in [0, 0.1) is 0 Å². The molecule has 0 aromatic carbocycles. The van der Waals surface area contributed by atoms with E-state index in [1.807, 2.05) is 0 Å². The van der Waals surface area contributed by atoms with Gasteiger partial charge < -0.3 is 14.2 Å². The number of hydrogen-bond donors (Lipinski definition) is 0. The van der Waals surface area contributed by atoms with Crippen LogP contribution in [0.5, 0.6) is 0 Å². The minimum Gasteiger partial charge on any atom is -0.371 e. The summed E-state index contributed by atoms with van der Waals surface area (Å²) in [4.78, 5) is 0. The summed E-state index contributed by atoms with van der Waals surface area (Å²) in [6.45, 7) is 1.90. The molecule has 0 radical (unpaired) electrons. The minimum atomic E-state index is 0.352. The number of methoxy groups -OCH3 is 1. The van der Waals surface area contributed by atoms with Crippen molar-refractivity contribution in [3.05, 3.63) is 0 Å². The van der Waals surface area contributed by atoms with Crippen molar-refractivity contribution in [1.82, 2.24) is 0 Å². The summed E-state index contributed by atoms with van der Waals surface area (Å²) in [7, 11) is 1.60. The number of rotatable bonds is 4. The first-order valence-electron chi connectivity index (χ1n) is 2.62. The van der Waals surface area contributed by atoms with Crippen molar-refractivity contribution < 1.29 is 14.2 Å². The molecule has 3 heteroatoms. The maximum atomic E-state index is 4.96. The normalized spacial score (nSPS) is 25.9. The second-order valence-corrected chi connectivity index (χ2v) is 1.73. The monoisotopic (exact) mass is 118 g/mol. The van der Waals surface area contributed by atoms with Crippen molar-refractivity contribution in [3.63, 3.8) is 0 Å². The third-order valence-corrected chi connectivity index (χ3v) is 0.907. The van der Waals surface area contributed by atoms with Crippen LogP contribution in [0.3, 0.4) is 0 Å². The summed E-state index contributed by atoms with van der Waals surface area (Å²) in [6.07, 6.45) is 0.352. The Balaban J connectivity index is 1.74. The van der Waals surface area contributed by atoms with Gasteiger partial charge in [0, 0.05) is 7.11 Å². The summed E-state index contributed by atoms with van der Waals surface area (Å²) in [6, 6.07) is 0. The molecule has 1 rings (SSSR count). The summed E-state index contributed by atoms with van der Waals surface area (Å²) in [5.74, 6) is 0. The molecular weight excluding hydrogens is 108 g/mol. The third-order valence-electron chi connectivity index (χ3n) is 0.907. The van der Waals surface area contributed by atoms with Gasteiger partial charge in [0.2, 0.25) is 0 Å². The fourth-order valence-corrected chi connectivity index (χ4v) is 0.427. The summed E-state index contributed by atoms with van der Waals surface area (Å²) >= 11 is 0. The SMILES string of the molecule is COCOC[C@H]1CO1. The van der Waals surface area contributed by atoms with Gasteiger partial charge in [0.15, 0.2) is 0 Å². The molecule has 0 aromatic rings. The van der Waals surface area contributed by atoms with Gasteiger partial charge in [-0.1, -0.05) is 0 Å². The van der Waals surface area contributed by atoms with E-state index in [0.717, 1.165) is 6.61 Å². The van der Waals surface area contributed by atoms with Gasteiger partial charge >= 0.3 is 0 Å². The van der Waals surface area contributed by atoms with Crippen molar-refractivity contribution in [3.8, 4) is 0 Å². The van der Waals surface area contributed by atoms with E-state index in [1.54, 1.807) is 7.11 Å². The molecule has 1 heterocycles. The maximum Gasteiger partial charge on any atom is 0.146 e. The topological polar surface area (TPSA) is 31.0 Å². The molecule has 1 aliphatic heterocycles. The van der Waals surface area contributed by atoms with Gasteiger partial charge in [0.05, 0.1) is 13.2 Å². The highest BCUT2D eigenvalue weighted by molar-refractivity contribution is 4.66. The Morgan fingerprint density at radius 2 is 2.50 bits per heavy atom. The number of epoxide rings is 1. The van der Waals surface area contributed by atoms with Crippen molar-refractivity contribution >= 4 is 0 Å². The zero-order chi connectivity index (χ0) is 5.82. The lowest BCUT2D eigenvalue weighted by atomic mass is 10.5. The molecule has 1 saturated heterocycles. The van der Waals surface area contributed by atoms with E-state index in [-0.39, 0.29) is 0 Å². The lowest BCUT2D eigenvalue weighted by Gasteiger charge is -1.96. The second kappa shape index (κ2) is 3.02. The molecule has 0 N–H and O–H groups in total. The van der Waals surface area contributed by atoms with Crippen LogP contribution in [0.1, 0.15) is 0 Å². The average Bonchev–Trinajstić information content (AvgIpc) is 2.51. The second-order valence-electron chi connectivity index (χ2n) is 1.73. The van der Waals surface area contributed by atoms with Gasteiger partial charge in [-0.15, -0.1) is 0 Å². The van der Waals surface area contributed by atoms with Gasteiger partial charge in [0.1, 0.15) is 12.9 Å². The van der Waals surface area contributed by atoms with Crippen LogP contribution in [0.25, 0.3) is 0 Å². The van der Waals surface area contributed by atoms with E-state index in [4.69, 9.17) is 9.47 Å². The van der Waals surface area contributed by atoms with E-state index < -0.39 is 0 Å². The van der Waals surface area contributed by atoms with Crippen LogP contribution in [-0.4, -0.2) is 33.2 Å². The molecule has 0 aliphatic carbocycles. The smallest absolute Gasteiger partial charge is 0.146 e. The first-order chi connectivity index (χ1) is 3.93. The molecule has 0 bridgehead atoms. The van der Waals surface area contributed by atoms with E-state index >= 15 is 0 Å². The molecule has 1 atom stereocenters. The Hall–Kier alpha value is -0.120. The van der Waals surface area contributed by atoms with Crippen molar-refractivity contribution in [2.75, 3.05) is 27.1 Å². The predicted molar refractivity (Wildman–Crippen MR) is 27.6 cm³/mol. The molecule has 0 spiro atoms. The van der Waals surface area contributed by atoms with E-state index in [1.165, 1.54) is 0 Å². The van der Waals surface area contributed by atoms with Crippen LogP contribution in [0.2, 0.25) is 0 Å². The lowest BCUT2D eigenvalue weighted by Crippen LogP contribution is -2.03. The van der Waals surface area contributed by atoms with Crippen LogP contribution in [-0.2, 0) is 14.2 Å². The van der Waals surface area contributed by atoms with E-state index in [9.17, 15) is 0 Å². The van der Waals surface area contributed by atoms with E-state index in [2.05, 4.69) is 4.74 Å². The van der Waals surface area contributed by atoms with Crippen LogP contribution in [0.4, 0.5) is 0 Å². The van der Waals surface area contributed by atoms with Gasteiger partial charge in [-0.3, -0.25) is 0 Å². The van der Waals surface area contributed by atoms with Gasteiger partial charge in [0.25, 0.3) is 0 Å². The molecule has 1 aliphatic rings. The highest BCUT2D eigenvalue weighted by atomic mass is 16.7. The molecule has 48 valence electrons. The summed E-state index contributed by atoms with van der Waals surface area (Å²) < 4.78 is 14.5. The van der Waals surface area contributed by atoms with Gasteiger partial charge in [-0.05, 0) is 0 Å². The van der Waals surface area contributed by atoms with Crippen molar-refractivity contribution in [1.29, 1.82) is 0 Å². The molecule has 0 unspecified atom stereocenters. The third kappa shape index (κ3) is 2.26. The zero-order valence-electron chi connectivity index (χ0n) is 4.92. The van der Waals surface area contributed by atoms with E-state index in [0.29, 0.717) is 19.5 Å². The highest BCUT2D eigenvalue weighted by Gasteiger charge is 2.21. The Morgan fingerprint density at radius 3 is 3.00 bits per heavy atom. The first kappa shape index (κ1) is 6.01. The van der Waals surface area contributed by atoms with Crippen LogP contribution < -0.4 is 0 Å². The standard InChI is InChI=1S/C5H10O3/c1-6-4-7-2-5-3-8-5/h5H,2-4H2,1H3/t5-/m0/s1. The number of hydrogen-bond acceptors (Lipinski definition) is 3. The first-order valence-corrected chi connectivity index (χ1v) is 2.62. The quantitative estimate of drug-likeness (QED) is 0.296. The molecule has 8 heavy (non-hydrogen) atoms. The number of ether oxygens (including phenoxy) is 3. The maximum absolute atomic E-state index is 4.96.